The molecule has 3 N–H and O–H groups in total. The maximum Gasteiger partial charge on any atom is 0.250 e. The highest BCUT2D eigenvalue weighted by Crippen LogP contribution is 2.15. The quantitative estimate of drug-likeness (QED) is 0.837. The van der Waals surface area contributed by atoms with E-state index in [9.17, 15) is 18.0 Å². The second-order valence-corrected chi connectivity index (χ2v) is 6.95. The number of carbonyl (C=O) groups is 2. The summed E-state index contributed by atoms with van der Waals surface area (Å²) in [6.07, 6.45) is -0.218. The molecular weight excluding hydrogens is 316 g/mol. The van der Waals surface area contributed by atoms with E-state index in [0.717, 1.165) is 0 Å². The molecule has 0 saturated heterocycles. The molecule has 0 atom stereocenters. The molecule has 120 valence electrons. The van der Waals surface area contributed by atoms with Crippen molar-refractivity contribution in [2.24, 2.45) is 5.73 Å². The summed E-state index contributed by atoms with van der Waals surface area (Å²) in [5, 5.41) is 2.51. The first-order valence-corrected chi connectivity index (χ1v) is 8.52. The van der Waals surface area contributed by atoms with Crippen LogP contribution in [-0.2, 0) is 14.6 Å². The van der Waals surface area contributed by atoms with Gasteiger partial charge in [-0.25, -0.2) is 8.42 Å². The van der Waals surface area contributed by atoms with Crippen molar-refractivity contribution >= 4 is 27.3 Å². The number of hydrogen-bond acceptors (Lipinski definition) is 4. The molecule has 0 aliphatic heterocycles. The van der Waals surface area contributed by atoms with Gasteiger partial charge in [0.05, 0.1) is 21.9 Å². The van der Waals surface area contributed by atoms with Crippen LogP contribution in [0, 0.1) is 0 Å². The van der Waals surface area contributed by atoms with Gasteiger partial charge in [-0.2, -0.15) is 0 Å². The lowest BCUT2D eigenvalue weighted by molar-refractivity contribution is -0.115. The van der Waals surface area contributed by atoms with Crippen molar-refractivity contribution in [1.29, 1.82) is 0 Å². The van der Waals surface area contributed by atoms with E-state index in [2.05, 4.69) is 5.32 Å². The second-order valence-electron chi connectivity index (χ2n) is 4.84. The molecule has 0 aliphatic rings. The Kier molecular flexibility index (Phi) is 5.13. The number of rotatable bonds is 6. The molecule has 23 heavy (non-hydrogen) atoms. The van der Waals surface area contributed by atoms with E-state index in [0.29, 0.717) is 0 Å². The van der Waals surface area contributed by atoms with Crippen LogP contribution < -0.4 is 11.1 Å². The first-order chi connectivity index (χ1) is 10.9. The maximum atomic E-state index is 12.1. The Morgan fingerprint density at radius 3 is 2.22 bits per heavy atom. The maximum absolute atomic E-state index is 12.1. The molecule has 0 unspecified atom stereocenters. The highest BCUT2D eigenvalue weighted by molar-refractivity contribution is 7.91. The smallest absolute Gasteiger partial charge is 0.250 e. The molecule has 0 spiro atoms. The summed E-state index contributed by atoms with van der Waals surface area (Å²) in [5.74, 6) is -1.49. The van der Waals surface area contributed by atoms with Crippen molar-refractivity contribution in [3.05, 3.63) is 60.2 Å². The number of primary amides is 1. The van der Waals surface area contributed by atoms with E-state index in [1.807, 2.05) is 0 Å². The van der Waals surface area contributed by atoms with E-state index >= 15 is 0 Å². The molecular formula is C16H16N2O4S. The van der Waals surface area contributed by atoms with E-state index in [1.54, 1.807) is 30.3 Å². The Bertz CT molecular complexity index is 817. The average Bonchev–Trinajstić information content (AvgIpc) is 2.54. The topological polar surface area (TPSA) is 106 Å². The van der Waals surface area contributed by atoms with Gasteiger partial charge in [0.25, 0.3) is 5.91 Å². The van der Waals surface area contributed by atoms with Crippen molar-refractivity contribution in [3.63, 3.8) is 0 Å². The van der Waals surface area contributed by atoms with Crippen molar-refractivity contribution in [3.8, 4) is 0 Å². The largest absolute Gasteiger partial charge is 0.366 e. The number of nitrogens with one attached hydrogen (secondary N) is 1. The number of para-hydroxylation sites is 1. The van der Waals surface area contributed by atoms with Gasteiger partial charge in [-0.05, 0) is 24.3 Å². The molecule has 0 aromatic heterocycles. The van der Waals surface area contributed by atoms with Gasteiger partial charge in [-0.3, -0.25) is 9.59 Å². The number of sulfone groups is 1. The lowest BCUT2D eigenvalue weighted by Crippen LogP contribution is -2.20. The van der Waals surface area contributed by atoms with Crippen molar-refractivity contribution in [1.82, 2.24) is 0 Å². The Morgan fingerprint density at radius 1 is 0.957 bits per heavy atom. The number of carbonyl (C=O) groups excluding carboxylic acids is 2. The summed E-state index contributed by atoms with van der Waals surface area (Å²) in [5.41, 5.74) is 5.66. The zero-order chi connectivity index (χ0) is 16.9. The first kappa shape index (κ1) is 16.7. The molecule has 0 aliphatic carbocycles. The van der Waals surface area contributed by atoms with Gasteiger partial charge in [-0.1, -0.05) is 30.3 Å². The third-order valence-corrected chi connectivity index (χ3v) is 4.90. The van der Waals surface area contributed by atoms with Gasteiger partial charge >= 0.3 is 0 Å². The van der Waals surface area contributed by atoms with Gasteiger partial charge in [0.1, 0.15) is 0 Å². The normalized spacial score (nSPS) is 11.0. The Hall–Kier alpha value is -2.67. The van der Waals surface area contributed by atoms with Crippen molar-refractivity contribution in [2.75, 3.05) is 11.1 Å². The molecule has 2 aromatic rings. The number of benzene rings is 2. The average molecular weight is 332 g/mol. The molecule has 6 nitrogen and oxygen atoms in total. The second kappa shape index (κ2) is 7.06. The predicted octanol–water partition coefficient (Wildman–Crippen LogP) is 1.59. The summed E-state index contributed by atoms with van der Waals surface area (Å²) in [4.78, 5) is 23.4. The van der Waals surface area contributed by atoms with Crippen molar-refractivity contribution < 1.29 is 18.0 Å². The van der Waals surface area contributed by atoms with Gasteiger partial charge < -0.3 is 11.1 Å². The van der Waals surface area contributed by atoms with Gasteiger partial charge in [-0.15, -0.1) is 0 Å². The highest BCUT2D eigenvalue weighted by Gasteiger charge is 2.17. The standard InChI is InChI=1S/C16H16N2O4S/c17-16(20)13-8-4-5-9-14(13)18-15(19)10-11-23(21,22)12-6-2-1-3-7-12/h1-9H,10-11H2,(H2,17,20)(H,18,19). The van der Waals surface area contributed by atoms with Crippen LogP contribution in [-0.4, -0.2) is 26.0 Å². The van der Waals surface area contributed by atoms with E-state index < -0.39 is 21.7 Å². The molecule has 0 fully saturated rings. The minimum absolute atomic E-state index is 0.172. The van der Waals surface area contributed by atoms with Crippen LogP contribution >= 0.6 is 0 Å². The van der Waals surface area contributed by atoms with Crippen LogP contribution in [0.4, 0.5) is 5.69 Å². The summed E-state index contributed by atoms with van der Waals surface area (Å²) < 4.78 is 24.2. The van der Waals surface area contributed by atoms with Crippen LogP contribution in [0.3, 0.4) is 0 Å². The fourth-order valence-electron chi connectivity index (χ4n) is 1.99. The fourth-order valence-corrected chi connectivity index (χ4v) is 3.25. The lowest BCUT2D eigenvalue weighted by Gasteiger charge is -2.09. The number of nitrogens with two attached hydrogens (primary N) is 1. The molecule has 0 radical (unpaired) electrons. The summed E-state index contributed by atoms with van der Waals surface area (Å²) >= 11 is 0. The van der Waals surface area contributed by atoms with Crippen LogP contribution in [0.1, 0.15) is 16.8 Å². The van der Waals surface area contributed by atoms with Crippen LogP contribution in [0.15, 0.2) is 59.5 Å². The zero-order valence-corrected chi connectivity index (χ0v) is 13.0. The molecule has 2 aromatic carbocycles. The summed E-state index contributed by atoms with van der Waals surface area (Å²) in [6, 6.07) is 14.2. The molecule has 7 heteroatoms. The highest BCUT2D eigenvalue weighted by atomic mass is 32.2. The predicted molar refractivity (Wildman–Crippen MR) is 86.7 cm³/mol. The lowest BCUT2D eigenvalue weighted by atomic mass is 10.1. The molecule has 0 saturated carbocycles. The SMILES string of the molecule is NC(=O)c1ccccc1NC(=O)CCS(=O)(=O)c1ccccc1. The molecule has 2 amide bonds. The minimum atomic E-state index is -3.53. The van der Waals surface area contributed by atoms with Gasteiger partial charge in [0.15, 0.2) is 9.84 Å². The van der Waals surface area contributed by atoms with Crippen LogP contribution in [0.2, 0.25) is 0 Å². The monoisotopic (exact) mass is 332 g/mol. The number of amides is 2. The number of anilines is 1. The summed E-state index contributed by atoms with van der Waals surface area (Å²) in [6.45, 7) is 0. The van der Waals surface area contributed by atoms with Gasteiger partial charge in [0, 0.05) is 6.42 Å². The Balaban J connectivity index is 2.03. The fraction of sp³-hybridized carbons (Fsp3) is 0.125. The van der Waals surface area contributed by atoms with E-state index in [1.165, 1.54) is 24.3 Å². The van der Waals surface area contributed by atoms with E-state index in [-0.39, 0.29) is 28.3 Å². The molecule has 0 bridgehead atoms. The summed E-state index contributed by atoms with van der Waals surface area (Å²) in [7, 11) is -3.53. The van der Waals surface area contributed by atoms with Crippen molar-refractivity contribution in [2.45, 2.75) is 11.3 Å². The molecule has 2 rings (SSSR count). The Morgan fingerprint density at radius 2 is 1.57 bits per heavy atom. The van der Waals surface area contributed by atoms with Gasteiger partial charge in [0.2, 0.25) is 5.91 Å². The zero-order valence-electron chi connectivity index (χ0n) is 12.2. The molecule has 0 heterocycles. The van der Waals surface area contributed by atoms with Crippen LogP contribution in [0.25, 0.3) is 0 Å². The third kappa shape index (κ3) is 4.40. The minimum Gasteiger partial charge on any atom is -0.366 e. The van der Waals surface area contributed by atoms with E-state index in [4.69, 9.17) is 5.73 Å². The third-order valence-electron chi connectivity index (χ3n) is 3.17. The number of hydrogen-bond donors (Lipinski definition) is 2. The van der Waals surface area contributed by atoms with Crippen LogP contribution in [0.5, 0.6) is 0 Å². The first-order valence-electron chi connectivity index (χ1n) is 6.86. The Labute approximate surface area is 134 Å².